The Hall–Kier alpha value is -2.35. The van der Waals surface area contributed by atoms with Gasteiger partial charge in [-0.3, -0.25) is 4.79 Å². The number of pyridine rings is 1. The SMILES string of the molecule is Cc1noc(C)c1CSc1ncccc1C(=O)OCC(=O)N[C@H]1C[C@H]2CC[C@@]1(C)C2(C)C. The van der Waals surface area contributed by atoms with E-state index < -0.39 is 5.97 Å². The summed E-state index contributed by atoms with van der Waals surface area (Å²) in [6, 6.07) is 3.49. The molecule has 32 heavy (non-hydrogen) atoms. The van der Waals surface area contributed by atoms with Crippen LogP contribution in [0.1, 0.15) is 67.4 Å². The van der Waals surface area contributed by atoms with E-state index in [1.165, 1.54) is 18.2 Å². The van der Waals surface area contributed by atoms with Gasteiger partial charge in [0, 0.05) is 23.6 Å². The lowest BCUT2D eigenvalue weighted by Crippen LogP contribution is -2.48. The van der Waals surface area contributed by atoms with Crippen LogP contribution in [0.5, 0.6) is 0 Å². The molecule has 4 rings (SSSR count). The number of ether oxygens (including phenoxy) is 1. The number of thioether (sulfide) groups is 1. The maximum Gasteiger partial charge on any atom is 0.341 e. The Morgan fingerprint density at radius 1 is 1.31 bits per heavy atom. The maximum absolute atomic E-state index is 12.7. The van der Waals surface area contributed by atoms with Crippen molar-refractivity contribution in [2.24, 2.45) is 16.7 Å². The minimum Gasteiger partial charge on any atom is -0.452 e. The van der Waals surface area contributed by atoms with Gasteiger partial charge >= 0.3 is 5.97 Å². The number of esters is 1. The minimum atomic E-state index is -0.547. The summed E-state index contributed by atoms with van der Waals surface area (Å²) in [5.74, 6) is 1.17. The van der Waals surface area contributed by atoms with Gasteiger partial charge in [0.25, 0.3) is 5.91 Å². The zero-order valence-electron chi connectivity index (χ0n) is 19.4. The normalized spacial score (nSPS) is 25.7. The molecular weight excluding hydrogens is 426 g/mol. The summed E-state index contributed by atoms with van der Waals surface area (Å²) in [6.45, 7) is 10.3. The van der Waals surface area contributed by atoms with E-state index in [1.54, 1.807) is 18.3 Å². The summed E-state index contributed by atoms with van der Waals surface area (Å²) in [5.41, 5.74) is 2.46. The number of nitrogens with zero attached hydrogens (tertiary/aromatic N) is 2. The van der Waals surface area contributed by atoms with E-state index in [2.05, 4.69) is 36.2 Å². The molecule has 8 heteroatoms. The van der Waals surface area contributed by atoms with Crippen molar-refractivity contribution in [1.29, 1.82) is 0 Å². The molecular formula is C24H31N3O4S. The molecule has 2 aromatic heterocycles. The van der Waals surface area contributed by atoms with Gasteiger partial charge in [0.1, 0.15) is 10.8 Å². The third-order valence-electron chi connectivity index (χ3n) is 7.99. The van der Waals surface area contributed by atoms with E-state index in [0.717, 1.165) is 29.9 Å². The van der Waals surface area contributed by atoms with Crippen molar-refractivity contribution < 1.29 is 18.8 Å². The zero-order chi connectivity index (χ0) is 23.1. The van der Waals surface area contributed by atoms with Crippen LogP contribution in [-0.2, 0) is 15.3 Å². The predicted molar refractivity (Wildman–Crippen MR) is 121 cm³/mol. The summed E-state index contributed by atoms with van der Waals surface area (Å²) in [4.78, 5) is 29.6. The summed E-state index contributed by atoms with van der Waals surface area (Å²) in [5, 5.41) is 7.65. The van der Waals surface area contributed by atoms with Gasteiger partial charge < -0.3 is 14.6 Å². The van der Waals surface area contributed by atoms with Crippen LogP contribution in [0.25, 0.3) is 0 Å². The molecule has 172 valence electrons. The molecule has 0 aromatic carbocycles. The molecule has 0 unspecified atom stereocenters. The van der Waals surface area contributed by atoms with Gasteiger partial charge in [0.15, 0.2) is 6.61 Å². The van der Waals surface area contributed by atoms with Crippen LogP contribution in [0, 0.1) is 30.6 Å². The Labute approximate surface area is 193 Å². The first-order valence-electron chi connectivity index (χ1n) is 11.1. The first-order valence-corrected chi connectivity index (χ1v) is 12.1. The summed E-state index contributed by atoms with van der Waals surface area (Å²) >= 11 is 1.42. The van der Waals surface area contributed by atoms with Gasteiger partial charge in [-0.2, -0.15) is 0 Å². The summed E-state index contributed by atoms with van der Waals surface area (Å²) in [7, 11) is 0. The van der Waals surface area contributed by atoms with E-state index >= 15 is 0 Å². The van der Waals surface area contributed by atoms with E-state index in [1.807, 2.05) is 13.8 Å². The Bertz CT molecular complexity index is 1010. The molecule has 2 aromatic rings. The average Bonchev–Trinajstić information content (AvgIpc) is 3.27. The molecule has 1 amide bonds. The largest absolute Gasteiger partial charge is 0.452 e. The highest BCUT2D eigenvalue weighted by Gasteiger charge is 2.61. The second kappa shape index (κ2) is 8.54. The second-order valence-electron chi connectivity index (χ2n) is 9.75. The van der Waals surface area contributed by atoms with Crippen molar-refractivity contribution >= 4 is 23.6 Å². The van der Waals surface area contributed by atoms with Gasteiger partial charge in [0.2, 0.25) is 0 Å². The maximum atomic E-state index is 12.7. The Balaban J connectivity index is 1.34. The first-order chi connectivity index (χ1) is 15.1. The predicted octanol–water partition coefficient (Wildman–Crippen LogP) is 4.47. The standard InChI is InChI=1S/C24H31N3O4S/c1-14-18(15(2)31-27-14)13-32-21-17(7-6-10-25-21)22(29)30-12-20(28)26-19-11-16-8-9-24(19,5)23(16,3)4/h6-7,10,16,19H,8-9,11-13H2,1-5H3,(H,26,28)/t16-,19+,24-/m1/s1. The molecule has 7 nitrogen and oxygen atoms in total. The highest BCUT2D eigenvalue weighted by Crippen LogP contribution is 2.65. The molecule has 2 bridgehead atoms. The smallest absolute Gasteiger partial charge is 0.341 e. The highest BCUT2D eigenvalue weighted by molar-refractivity contribution is 7.98. The fraction of sp³-hybridized carbons (Fsp3) is 0.583. The van der Waals surface area contributed by atoms with Crippen molar-refractivity contribution in [3.63, 3.8) is 0 Å². The number of aryl methyl sites for hydroxylation is 2. The Morgan fingerprint density at radius 3 is 2.72 bits per heavy atom. The topological polar surface area (TPSA) is 94.3 Å². The fourth-order valence-electron chi connectivity index (χ4n) is 5.38. The number of amides is 1. The molecule has 2 aliphatic carbocycles. The quantitative estimate of drug-likeness (QED) is 0.484. The van der Waals surface area contributed by atoms with Gasteiger partial charge in [-0.05, 0) is 62.0 Å². The van der Waals surface area contributed by atoms with Crippen molar-refractivity contribution in [2.75, 3.05) is 6.61 Å². The zero-order valence-corrected chi connectivity index (χ0v) is 20.2. The lowest BCUT2D eigenvalue weighted by molar-refractivity contribution is -0.126. The molecule has 0 saturated heterocycles. The van der Waals surface area contributed by atoms with Crippen LogP contribution in [0.2, 0.25) is 0 Å². The molecule has 3 atom stereocenters. The van der Waals surface area contributed by atoms with Gasteiger partial charge in [-0.25, -0.2) is 9.78 Å². The minimum absolute atomic E-state index is 0.0860. The van der Waals surface area contributed by atoms with E-state index in [4.69, 9.17) is 9.26 Å². The molecule has 0 radical (unpaired) electrons. The van der Waals surface area contributed by atoms with Gasteiger partial charge in [-0.15, -0.1) is 11.8 Å². The number of aromatic nitrogens is 2. The van der Waals surface area contributed by atoms with Crippen molar-refractivity contribution in [3.8, 4) is 0 Å². The van der Waals surface area contributed by atoms with Crippen molar-refractivity contribution in [3.05, 3.63) is 40.9 Å². The second-order valence-corrected chi connectivity index (χ2v) is 10.7. The van der Waals surface area contributed by atoms with E-state index in [9.17, 15) is 9.59 Å². The lowest BCUT2D eigenvalue weighted by Gasteiger charge is -2.39. The number of fused-ring (bicyclic) bond motifs is 2. The van der Waals surface area contributed by atoms with Crippen molar-refractivity contribution in [1.82, 2.24) is 15.5 Å². The van der Waals surface area contributed by atoms with Crippen LogP contribution in [-0.4, -0.2) is 34.7 Å². The summed E-state index contributed by atoms with van der Waals surface area (Å²) in [6.07, 6.45) is 4.97. The summed E-state index contributed by atoms with van der Waals surface area (Å²) < 4.78 is 10.6. The lowest BCUT2D eigenvalue weighted by atomic mass is 9.69. The number of carbonyl (C=O) groups is 2. The van der Waals surface area contributed by atoms with Gasteiger partial charge in [0.05, 0.1) is 11.3 Å². The Morgan fingerprint density at radius 2 is 2.09 bits per heavy atom. The Kier molecular flexibility index (Phi) is 6.09. The van der Waals surface area contributed by atoms with Crippen molar-refractivity contribution in [2.45, 2.75) is 70.7 Å². The highest BCUT2D eigenvalue weighted by atomic mass is 32.2. The van der Waals surface area contributed by atoms with E-state index in [-0.39, 0.29) is 29.4 Å². The molecule has 2 heterocycles. The number of hydrogen-bond acceptors (Lipinski definition) is 7. The number of rotatable bonds is 7. The molecule has 1 N–H and O–H groups in total. The number of nitrogens with one attached hydrogen (secondary N) is 1. The fourth-order valence-corrected chi connectivity index (χ4v) is 6.51. The van der Waals surface area contributed by atoms with Crippen LogP contribution >= 0.6 is 11.8 Å². The van der Waals surface area contributed by atoms with Crippen LogP contribution < -0.4 is 5.32 Å². The average molecular weight is 458 g/mol. The molecule has 2 saturated carbocycles. The first kappa shape index (κ1) is 22.8. The monoisotopic (exact) mass is 457 g/mol. The van der Waals surface area contributed by atoms with E-state index in [0.29, 0.717) is 22.3 Å². The third-order valence-corrected chi connectivity index (χ3v) is 9.02. The van der Waals surface area contributed by atoms with Crippen LogP contribution in [0.3, 0.4) is 0 Å². The molecule has 2 fully saturated rings. The number of carbonyl (C=O) groups excluding carboxylic acids is 2. The van der Waals surface area contributed by atoms with Crippen LogP contribution in [0.15, 0.2) is 27.9 Å². The van der Waals surface area contributed by atoms with Crippen LogP contribution in [0.4, 0.5) is 0 Å². The third kappa shape index (κ3) is 3.93. The molecule has 0 spiro atoms. The molecule has 2 aliphatic rings. The molecule has 0 aliphatic heterocycles. The number of hydrogen-bond donors (Lipinski definition) is 1. The van der Waals surface area contributed by atoms with Gasteiger partial charge in [-0.1, -0.05) is 25.9 Å².